The standard InChI is InChI=1S/C8H6Br2O2/c9-8(10)7(12)5-3-1-2-4-6(5)11/h1-4,8,11H. The van der Waals surface area contributed by atoms with E-state index in [2.05, 4.69) is 31.9 Å². The first-order valence-corrected chi connectivity index (χ1v) is 5.06. The van der Waals surface area contributed by atoms with Gasteiger partial charge in [0.25, 0.3) is 0 Å². The zero-order valence-electron chi connectivity index (χ0n) is 6.00. The molecular weight excluding hydrogens is 288 g/mol. The van der Waals surface area contributed by atoms with Gasteiger partial charge in [-0.3, -0.25) is 4.79 Å². The Balaban J connectivity index is 3.03. The van der Waals surface area contributed by atoms with Crippen molar-refractivity contribution in [3.63, 3.8) is 0 Å². The van der Waals surface area contributed by atoms with Crippen molar-refractivity contribution in [1.82, 2.24) is 0 Å². The highest BCUT2D eigenvalue weighted by Crippen LogP contribution is 2.22. The Morgan fingerprint density at radius 1 is 1.33 bits per heavy atom. The van der Waals surface area contributed by atoms with E-state index in [4.69, 9.17) is 0 Å². The number of hydrogen-bond donors (Lipinski definition) is 1. The van der Waals surface area contributed by atoms with Crippen molar-refractivity contribution < 1.29 is 9.90 Å². The van der Waals surface area contributed by atoms with Crippen molar-refractivity contribution in [2.75, 3.05) is 0 Å². The Hall–Kier alpha value is -0.350. The molecule has 0 aromatic heterocycles. The maximum absolute atomic E-state index is 11.3. The average molecular weight is 294 g/mol. The molecule has 0 unspecified atom stereocenters. The lowest BCUT2D eigenvalue weighted by Gasteiger charge is -2.02. The fourth-order valence-corrected chi connectivity index (χ4v) is 1.29. The number of phenolic OH excluding ortho intramolecular Hbond substituents is 1. The summed E-state index contributed by atoms with van der Waals surface area (Å²) in [5.41, 5.74) is 0.316. The number of ketones is 1. The van der Waals surface area contributed by atoms with Crippen LogP contribution >= 0.6 is 31.9 Å². The third-order valence-corrected chi connectivity index (χ3v) is 2.20. The summed E-state index contributed by atoms with van der Waals surface area (Å²) in [7, 11) is 0. The molecule has 1 rings (SSSR count). The third-order valence-electron chi connectivity index (χ3n) is 1.37. The topological polar surface area (TPSA) is 37.3 Å². The molecule has 1 aromatic carbocycles. The van der Waals surface area contributed by atoms with E-state index in [9.17, 15) is 9.90 Å². The van der Waals surface area contributed by atoms with Gasteiger partial charge in [-0.05, 0) is 12.1 Å². The van der Waals surface area contributed by atoms with Crippen molar-refractivity contribution in [3.05, 3.63) is 29.8 Å². The zero-order valence-corrected chi connectivity index (χ0v) is 9.17. The molecule has 64 valence electrons. The van der Waals surface area contributed by atoms with E-state index in [0.29, 0.717) is 5.56 Å². The van der Waals surface area contributed by atoms with E-state index >= 15 is 0 Å². The lowest BCUT2D eigenvalue weighted by Crippen LogP contribution is -2.06. The number of carbonyl (C=O) groups is 1. The highest BCUT2D eigenvalue weighted by Gasteiger charge is 2.15. The Kier molecular flexibility index (Phi) is 3.29. The van der Waals surface area contributed by atoms with Crippen LogP contribution in [0.15, 0.2) is 24.3 Å². The van der Waals surface area contributed by atoms with Gasteiger partial charge in [0.05, 0.1) is 5.56 Å². The summed E-state index contributed by atoms with van der Waals surface area (Å²) in [5, 5.41) is 9.27. The van der Waals surface area contributed by atoms with E-state index < -0.39 is 3.74 Å². The van der Waals surface area contributed by atoms with Crippen LogP contribution in [-0.4, -0.2) is 14.6 Å². The first-order chi connectivity index (χ1) is 5.63. The number of rotatable bonds is 2. The summed E-state index contributed by atoms with van der Waals surface area (Å²) in [5.74, 6) is -0.181. The van der Waals surface area contributed by atoms with Crippen LogP contribution in [0.3, 0.4) is 0 Å². The number of halogens is 2. The summed E-state index contributed by atoms with van der Waals surface area (Å²) >= 11 is 6.13. The highest BCUT2D eigenvalue weighted by atomic mass is 79.9. The van der Waals surface area contributed by atoms with E-state index in [1.54, 1.807) is 18.2 Å². The number of benzene rings is 1. The minimum absolute atomic E-state index is 0.00593. The Morgan fingerprint density at radius 3 is 2.42 bits per heavy atom. The smallest absolute Gasteiger partial charge is 0.190 e. The van der Waals surface area contributed by atoms with Crippen LogP contribution < -0.4 is 0 Å². The predicted octanol–water partition coefficient (Wildman–Crippen LogP) is 2.69. The SMILES string of the molecule is O=C(c1ccccc1O)C(Br)Br. The fourth-order valence-electron chi connectivity index (χ4n) is 0.800. The van der Waals surface area contributed by atoms with Crippen LogP contribution in [0.25, 0.3) is 0 Å². The molecule has 0 fully saturated rings. The second kappa shape index (κ2) is 4.05. The first-order valence-electron chi connectivity index (χ1n) is 3.23. The molecule has 0 aliphatic rings. The summed E-state index contributed by atoms with van der Waals surface area (Å²) in [6.07, 6.45) is 0. The second-order valence-electron chi connectivity index (χ2n) is 2.18. The van der Waals surface area contributed by atoms with E-state index in [-0.39, 0.29) is 11.5 Å². The minimum atomic E-state index is -0.446. The minimum Gasteiger partial charge on any atom is -0.507 e. The molecule has 0 amide bonds. The Bertz CT molecular complexity index is 297. The van der Waals surface area contributed by atoms with Gasteiger partial charge in [0.2, 0.25) is 0 Å². The number of para-hydroxylation sites is 1. The van der Waals surface area contributed by atoms with Crippen LogP contribution in [-0.2, 0) is 0 Å². The maximum atomic E-state index is 11.3. The van der Waals surface area contributed by atoms with Gasteiger partial charge >= 0.3 is 0 Å². The molecule has 2 nitrogen and oxygen atoms in total. The van der Waals surface area contributed by atoms with Crippen molar-refractivity contribution in [1.29, 1.82) is 0 Å². The van der Waals surface area contributed by atoms with Gasteiger partial charge in [0.15, 0.2) is 5.78 Å². The van der Waals surface area contributed by atoms with Crippen LogP contribution in [0, 0.1) is 0 Å². The maximum Gasteiger partial charge on any atom is 0.190 e. The van der Waals surface area contributed by atoms with Gasteiger partial charge in [0.1, 0.15) is 9.49 Å². The van der Waals surface area contributed by atoms with Gasteiger partial charge in [0, 0.05) is 0 Å². The van der Waals surface area contributed by atoms with Crippen molar-refractivity contribution >= 4 is 37.6 Å². The first kappa shape index (κ1) is 9.74. The van der Waals surface area contributed by atoms with E-state index in [1.165, 1.54) is 6.07 Å². The molecule has 4 heteroatoms. The molecule has 0 saturated carbocycles. The van der Waals surface area contributed by atoms with Crippen LogP contribution in [0.1, 0.15) is 10.4 Å². The van der Waals surface area contributed by atoms with Gasteiger partial charge in [-0.2, -0.15) is 0 Å². The van der Waals surface area contributed by atoms with Gasteiger partial charge in [-0.15, -0.1) is 0 Å². The molecule has 0 atom stereocenters. The lowest BCUT2D eigenvalue weighted by molar-refractivity contribution is 0.101. The number of Topliss-reactive ketones (excluding diaryl/α,β-unsaturated/α-hetero) is 1. The molecular formula is C8H6Br2O2. The summed E-state index contributed by atoms with van der Waals surface area (Å²) in [6.45, 7) is 0. The largest absolute Gasteiger partial charge is 0.507 e. The molecule has 0 heterocycles. The number of aromatic hydroxyl groups is 1. The Morgan fingerprint density at radius 2 is 1.92 bits per heavy atom. The van der Waals surface area contributed by atoms with E-state index in [0.717, 1.165) is 0 Å². The molecule has 1 N–H and O–H groups in total. The van der Waals surface area contributed by atoms with E-state index in [1.807, 2.05) is 0 Å². The molecule has 0 aliphatic heterocycles. The summed E-state index contributed by atoms with van der Waals surface area (Å²) in [6, 6.07) is 6.43. The molecule has 0 bridgehead atoms. The summed E-state index contributed by atoms with van der Waals surface area (Å²) < 4.78 is -0.446. The number of hydrogen-bond acceptors (Lipinski definition) is 2. The Labute approximate surface area is 86.9 Å². The molecule has 0 saturated heterocycles. The second-order valence-corrected chi connectivity index (χ2v) is 5.24. The van der Waals surface area contributed by atoms with Gasteiger partial charge in [-0.25, -0.2) is 0 Å². The van der Waals surface area contributed by atoms with Gasteiger partial charge in [-0.1, -0.05) is 44.0 Å². The van der Waals surface area contributed by atoms with Gasteiger partial charge < -0.3 is 5.11 Å². The highest BCUT2D eigenvalue weighted by molar-refractivity contribution is 9.25. The summed E-state index contributed by atoms with van der Waals surface area (Å²) in [4.78, 5) is 11.3. The molecule has 12 heavy (non-hydrogen) atoms. The van der Waals surface area contributed by atoms with Crippen LogP contribution in [0.5, 0.6) is 5.75 Å². The van der Waals surface area contributed by atoms with Crippen molar-refractivity contribution in [3.8, 4) is 5.75 Å². The third kappa shape index (κ3) is 2.08. The average Bonchev–Trinajstić information content (AvgIpc) is 2.04. The normalized spacial score (nSPS) is 10.2. The molecule has 0 radical (unpaired) electrons. The number of alkyl halides is 2. The predicted molar refractivity (Wildman–Crippen MR) is 54.1 cm³/mol. The van der Waals surface area contributed by atoms with Crippen LogP contribution in [0.2, 0.25) is 0 Å². The quantitative estimate of drug-likeness (QED) is 0.672. The molecule has 0 spiro atoms. The fraction of sp³-hybridized carbons (Fsp3) is 0.125. The van der Waals surface area contributed by atoms with Crippen molar-refractivity contribution in [2.45, 2.75) is 3.74 Å². The van der Waals surface area contributed by atoms with Crippen LogP contribution in [0.4, 0.5) is 0 Å². The number of phenols is 1. The zero-order chi connectivity index (χ0) is 9.14. The monoisotopic (exact) mass is 292 g/mol. The molecule has 0 aliphatic carbocycles. The molecule has 1 aromatic rings. The lowest BCUT2D eigenvalue weighted by atomic mass is 10.1. The van der Waals surface area contributed by atoms with Crippen molar-refractivity contribution in [2.24, 2.45) is 0 Å². The number of carbonyl (C=O) groups excluding carboxylic acids is 1.